The number of nitrogens with one attached hydrogen (secondary N) is 1. The fourth-order valence-electron chi connectivity index (χ4n) is 3.18. The predicted octanol–water partition coefficient (Wildman–Crippen LogP) is 4.22. The number of carbonyl (C=O) groups is 2. The van der Waals surface area contributed by atoms with Gasteiger partial charge < -0.3 is 14.8 Å². The van der Waals surface area contributed by atoms with Crippen LogP contribution >= 0.6 is 0 Å². The molecule has 4 aromatic rings. The van der Waals surface area contributed by atoms with Gasteiger partial charge in [-0.05, 0) is 30.5 Å². The second kappa shape index (κ2) is 9.13. The molecule has 1 aromatic heterocycles. The zero-order valence-electron chi connectivity index (χ0n) is 16.9. The van der Waals surface area contributed by atoms with Crippen molar-refractivity contribution in [3.63, 3.8) is 0 Å². The van der Waals surface area contributed by atoms with E-state index in [9.17, 15) is 9.59 Å². The van der Waals surface area contributed by atoms with E-state index in [0.717, 1.165) is 16.5 Å². The lowest BCUT2D eigenvalue weighted by Gasteiger charge is -2.09. The maximum atomic E-state index is 12.5. The van der Waals surface area contributed by atoms with Crippen LogP contribution in [0.2, 0.25) is 0 Å². The summed E-state index contributed by atoms with van der Waals surface area (Å²) in [5.41, 5.74) is 1.46. The van der Waals surface area contributed by atoms with Crippen LogP contribution in [0.4, 0.5) is 5.69 Å². The van der Waals surface area contributed by atoms with Crippen molar-refractivity contribution in [1.29, 1.82) is 0 Å². The van der Waals surface area contributed by atoms with E-state index in [4.69, 9.17) is 9.47 Å². The average molecular weight is 415 g/mol. The SMILES string of the molecule is CCOC(=O)c1nn(-c2ccccc2)cc1OCC(=O)Nc1cccc2ccccc12. The fraction of sp³-hybridized carbons (Fsp3) is 0.125. The van der Waals surface area contributed by atoms with Gasteiger partial charge in [0.15, 0.2) is 12.4 Å². The molecule has 1 heterocycles. The Morgan fingerprint density at radius 2 is 1.71 bits per heavy atom. The summed E-state index contributed by atoms with van der Waals surface area (Å²) in [5.74, 6) is -0.782. The highest BCUT2D eigenvalue weighted by atomic mass is 16.5. The quantitative estimate of drug-likeness (QED) is 0.457. The van der Waals surface area contributed by atoms with Crippen molar-refractivity contribution < 1.29 is 19.1 Å². The third-order valence-electron chi connectivity index (χ3n) is 4.59. The van der Waals surface area contributed by atoms with Crippen molar-refractivity contribution in [2.24, 2.45) is 0 Å². The van der Waals surface area contributed by atoms with E-state index < -0.39 is 5.97 Å². The van der Waals surface area contributed by atoms with Crippen molar-refractivity contribution in [3.05, 3.63) is 84.7 Å². The molecule has 0 saturated carbocycles. The Labute approximate surface area is 179 Å². The fourth-order valence-corrected chi connectivity index (χ4v) is 3.18. The molecule has 1 N–H and O–H groups in total. The van der Waals surface area contributed by atoms with Crippen molar-refractivity contribution in [2.45, 2.75) is 6.92 Å². The molecule has 0 spiro atoms. The van der Waals surface area contributed by atoms with Crippen LogP contribution in [0.3, 0.4) is 0 Å². The average Bonchev–Trinajstić information content (AvgIpc) is 3.23. The Kier molecular flexibility index (Phi) is 5.93. The van der Waals surface area contributed by atoms with Crippen LogP contribution in [0.25, 0.3) is 16.5 Å². The molecule has 7 nitrogen and oxygen atoms in total. The van der Waals surface area contributed by atoms with E-state index in [0.29, 0.717) is 5.69 Å². The third kappa shape index (κ3) is 4.56. The monoisotopic (exact) mass is 415 g/mol. The van der Waals surface area contributed by atoms with Crippen LogP contribution in [0.15, 0.2) is 79.0 Å². The first-order chi connectivity index (χ1) is 15.2. The number of hydrogen-bond acceptors (Lipinski definition) is 5. The predicted molar refractivity (Wildman–Crippen MR) is 118 cm³/mol. The molecular weight excluding hydrogens is 394 g/mol. The molecule has 0 aliphatic carbocycles. The van der Waals surface area contributed by atoms with E-state index in [1.807, 2.05) is 72.8 Å². The van der Waals surface area contributed by atoms with Gasteiger partial charge in [-0.3, -0.25) is 4.79 Å². The second-order valence-corrected chi connectivity index (χ2v) is 6.71. The van der Waals surface area contributed by atoms with E-state index in [1.54, 1.807) is 13.1 Å². The maximum absolute atomic E-state index is 12.5. The maximum Gasteiger partial charge on any atom is 0.362 e. The van der Waals surface area contributed by atoms with Crippen molar-refractivity contribution in [2.75, 3.05) is 18.5 Å². The number of rotatable bonds is 7. The molecule has 0 radical (unpaired) electrons. The number of ether oxygens (including phenoxy) is 2. The molecule has 0 aliphatic rings. The van der Waals surface area contributed by atoms with Crippen LogP contribution in [0, 0.1) is 0 Å². The first-order valence-electron chi connectivity index (χ1n) is 9.88. The minimum absolute atomic E-state index is 0.0173. The first kappa shape index (κ1) is 20.2. The van der Waals surface area contributed by atoms with Crippen molar-refractivity contribution in [1.82, 2.24) is 9.78 Å². The van der Waals surface area contributed by atoms with Gasteiger partial charge in [0.25, 0.3) is 5.91 Å². The van der Waals surface area contributed by atoms with Crippen LogP contribution in [-0.2, 0) is 9.53 Å². The van der Waals surface area contributed by atoms with Gasteiger partial charge in [-0.25, -0.2) is 9.48 Å². The molecule has 7 heteroatoms. The minimum Gasteiger partial charge on any atom is -0.480 e. The summed E-state index contributed by atoms with van der Waals surface area (Å²) < 4.78 is 12.2. The molecule has 156 valence electrons. The van der Waals surface area contributed by atoms with E-state index >= 15 is 0 Å². The van der Waals surface area contributed by atoms with E-state index in [2.05, 4.69) is 10.4 Å². The van der Waals surface area contributed by atoms with Gasteiger partial charge in [-0.1, -0.05) is 54.6 Å². The zero-order valence-corrected chi connectivity index (χ0v) is 16.9. The molecule has 0 atom stereocenters. The highest BCUT2D eigenvalue weighted by Crippen LogP contribution is 2.24. The third-order valence-corrected chi connectivity index (χ3v) is 4.59. The van der Waals surface area contributed by atoms with Gasteiger partial charge in [-0.2, -0.15) is 5.10 Å². The number of nitrogens with zero attached hydrogens (tertiary/aromatic N) is 2. The molecule has 0 bridgehead atoms. The van der Waals surface area contributed by atoms with Gasteiger partial charge in [0, 0.05) is 11.1 Å². The van der Waals surface area contributed by atoms with Crippen LogP contribution in [-0.4, -0.2) is 34.9 Å². The van der Waals surface area contributed by atoms with E-state index in [1.165, 1.54) is 4.68 Å². The number of fused-ring (bicyclic) bond motifs is 1. The summed E-state index contributed by atoms with van der Waals surface area (Å²) >= 11 is 0. The number of benzene rings is 3. The van der Waals surface area contributed by atoms with Gasteiger partial charge in [0.2, 0.25) is 5.69 Å². The smallest absolute Gasteiger partial charge is 0.362 e. The summed E-state index contributed by atoms with van der Waals surface area (Å²) in [7, 11) is 0. The van der Waals surface area contributed by atoms with Gasteiger partial charge in [0.05, 0.1) is 18.5 Å². The summed E-state index contributed by atoms with van der Waals surface area (Å²) in [5, 5.41) is 9.10. The lowest BCUT2D eigenvalue weighted by atomic mass is 10.1. The molecule has 3 aromatic carbocycles. The summed E-state index contributed by atoms with van der Waals surface area (Å²) in [6, 6.07) is 22.8. The molecular formula is C24H21N3O4. The molecule has 0 saturated heterocycles. The molecule has 4 rings (SSSR count). The van der Waals surface area contributed by atoms with Crippen molar-refractivity contribution in [3.8, 4) is 11.4 Å². The minimum atomic E-state index is -0.610. The number of amides is 1. The Morgan fingerprint density at radius 3 is 2.52 bits per heavy atom. The molecule has 0 aliphatic heterocycles. The van der Waals surface area contributed by atoms with Crippen LogP contribution in [0.1, 0.15) is 17.4 Å². The Balaban J connectivity index is 1.52. The first-order valence-corrected chi connectivity index (χ1v) is 9.88. The summed E-state index contributed by atoms with van der Waals surface area (Å²) in [4.78, 5) is 24.8. The Morgan fingerprint density at radius 1 is 0.968 bits per heavy atom. The Bertz CT molecular complexity index is 1210. The van der Waals surface area contributed by atoms with Gasteiger partial charge >= 0.3 is 5.97 Å². The highest BCUT2D eigenvalue weighted by Gasteiger charge is 2.21. The van der Waals surface area contributed by atoms with E-state index in [-0.39, 0.29) is 30.6 Å². The zero-order chi connectivity index (χ0) is 21.6. The number of carbonyl (C=O) groups excluding carboxylic acids is 2. The number of hydrogen-bond donors (Lipinski definition) is 1. The largest absolute Gasteiger partial charge is 0.480 e. The van der Waals surface area contributed by atoms with Crippen molar-refractivity contribution >= 4 is 28.3 Å². The second-order valence-electron chi connectivity index (χ2n) is 6.71. The number of anilines is 1. The molecule has 0 fully saturated rings. The lowest BCUT2D eigenvalue weighted by molar-refractivity contribution is -0.118. The molecule has 0 unspecified atom stereocenters. The number of para-hydroxylation sites is 1. The highest BCUT2D eigenvalue weighted by molar-refractivity contribution is 6.02. The number of esters is 1. The normalized spacial score (nSPS) is 10.6. The standard InChI is InChI=1S/C24H21N3O4/c1-2-30-24(29)23-21(15-27(26-23)18-11-4-3-5-12-18)31-16-22(28)25-20-14-8-10-17-9-6-7-13-19(17)20/h3-15H,2,16H2,1H3,(H,25,28). The van der Waals surface area contributed by atoms with Gasteiger partial charge in [0.1, 0.15) is 0 Å². The van der Waals surface area contributed by atoms with Crippen LogP contribution in [0.5, 0.6) is 5.75 Å². The molecule has 1 amide bonds. The van der Waals surface area contributed by atoms with Crippen LogP contribution < -0.4 is 10.1 Å². The topological polar surface area (TPSA) is 82.4 Å². The molecule has 31 heavy (non-hydrogen) atoms. The summed E-state index contributed by atoms with van der Waals surface area (Å²) in [6.07, 6.45) is 1.56. The van der Waals surface area contributed by atoms with Gasteiger partial charge in [-0.15, -0.1) is 0 Å². The number of aromatic nitrogens is 2. The summed E-state index contributed by atoms with van der Waals surface area (Å²) in [6.45, 7) is 1.64. The lowest BCUT2D eigenvalue weighted by Crippen LogP contribution is -2.21. The Hall–Kier alpha value is -4.13.